The Balaban J connectivity index is 1.54. The number of aromatic nitrogens is 1. The molecule has 1 atom stereocenters. The molecule has 1 aliphatic heterocycles. The fraction of sp³-hybridized carbons (Fsp3) is 0.238. The highest BCUT2D eigenvalue weighted by molar-refractivity contribution is 9.10. The normalized spacial score (nSPS) is 17.6. The van der Waals surface area contributed by atoms with Crippen LogP contribution in [0.15, 0.2) is 74.9 Å². The molecule has 0 saturated carbocycles. The van der Waals surface area contributed by atoms with Gasteiger partial charge in [-0.2, -0.15) is 4.31 Å². The Hall–Kier alpha value is -2.49. The van der Waals surface area contributed by atoms with Crippen LogP contribution < -0.4 is 5.32 Å². The Morgan fingerprint density at radius 1 is 1.13 bits per heavy atom. The van der Waals surface area contributed by atoms with Crippen molar-refractivity contribution in [2.45, 2.75) is 30.2 Å². The van der Waals surface area contributed by atoms with E-state index in [1.807, 2.05) is 12.1 Å². The number of sulfonamides is 1. The number of carbonyl (C=O) groups excluding carboxylic acids is 1. The molecule has 3 aromatic rings. The van der Waals surface area contributed by atoms with E-state index in [4.69, 9.17) is 4.42 Å². The van der Waals surface area contributed by atoms with Gasteiger partial charge in [0.05, 0.1) is 10.9 Å². The third-order valence-corrected chi connectivity index (χ3v) is 7.39. The van der Waals surface area contributed by atoms with E-state index in [1.165, 1.54) is 12.1 Å². The van der Waals surface area contributed by atoms with E-state index in [0.717, 1.165) is 24.8 Å². The second kappa shape index (κ2) is 8.71. The van der Waals surface area contributed by atoms with Crippen molar-refractivity contribution >= 4 is 37.5 Å². The van der Waals surface area contributed by atoms with Gasteiger partial charge in [0.1, 0.15) is 0 Å². The Morgan fingerprint density at radius 2 is 1.93 bits per heavy atom. The molecule has 1 N–H and O–H groups in total. The van der Waals surface area contributed by atoms with Gasteiger partial charge in [0, 0.05) is 24.6 Å². The third kappa shape index (κ3) is 4.33. The number of pyridine rings is 1. The summed E-state index contributed by atoms with van der Waals surface area (Å²) < 4.78 is 33.9. The first-order valence-corrected chi connectivity index (χ1v) is 11.8. The van der Waals surface area contributed by atoms with Crippen LogP contribution in [-0.2, 0) is 10.0 Å². The second-order valence-electron chi connectivity index (χ2n) is 7.00. The number of hydrogen-bond acceptors (Lipinski definition) is 5. The molecule has 7 nitrogen and oxygen atoms in total. The van der Waals surface area contributed by atoms with Crippen molar-refractivity contribution in [1.29, 1.82) is 0 Å². The van der Waals surface area contributed by atoms with Crippen LogP contribution >= 0.6 is 15.9 Å². The lowest BCUT2D eigenvalue weighted by atomic mass is 9.99. The smallest absolute Gasteiger partial charge is 0.291 e. The molecule has 156 valence electrons. The van der Waals surface area contributed by atoms with Crippen molar-refractivity contribution in [3.63, 3.8) is 0 Å². The van der Waals surface area contributed by atoms with Crippen molar-refractivity contribution in [2.75, 3.05) is 11.9 Å². The maximum atomic E-state index is 13.3. The number of piperidine rings is 1. The quantitative estimate of drug-likeness (QED) is 0.564. The summed E-state index contributed by atoms with van der Waals surface area (Å²) in [7, 11) is -3.69. The maximum Gasteiger partial charge on any atom is 0.291 e. The fourth-order valence-electron chi connectivity index (χ4n) is 3.57. The first kappa shape index (κ1) is 20.8. The van der Waals surface area contributed by atoms with Crippen LogP contribution in [0.5, 0.6) is 0 Å². The summed E-state index contributed by atoms with van der Waals surface area (Å²) in [6.45, 7) is 0.466. The number of benzene rings is 1. The lowest BCUT2D eigenvalue weighted by Gasteiger charge is -2.34. The molecule has 1 aliphatic rings. The van der Waals surface area contributed by atoms with Gasteiger partial charge in [-0.3, -0.25) is 9.78 Å². The van der Waals surface area contributed by atoms with Gasteiger partial charge >= 0.3 is 0 Å². The first-order valence-electron chi connectivity index (χ1n) is 9.54. The van der Waals surface area contributed by atoms with Gasteiger partial charge in [0.15, 0.2) is 10.4 Å². The molecule has 1 fully saturated rings. The average Bonchev–Trinajstić information content (AvgIpc) is 3.21. The molecule has 30 heavy (non-hydrogen) atoms. The number of anilines is 1. The highest BCUT2D eigenvalue weighted by Gasteiger charge is 2.34. The summed E-state index contributed by atoms with van der Waals surface area (Å²) in [6.07, 6.45) is 5.96. The topological polar surface area (TPSA) is 92.5 Å². The first-order chi connectivity index (χ1) is 14.4. The van der Waals surface area contributed by atoms with E-state index in [1.54, 1.807) is 41.0 Å². The van der Waals surface area contributed by atoms with Gasteiger partial charge < -0.3 is 9.73 Å². The molecule has 0 spiro atoms. The monoisotopic (exact) mass is 489 g/mol. The average molecular weight is 490 g/mol. The van der Waals surface area contributed by atoms with Crippen LogP contribution in [0.2, 0.25) is 0 Å². The highest BCUT2D eigenvalue weighted by Crippen LogP contribution is 2.35. The summed E-state index contributed by atoms with van der Waals surface area (Å²) in [5.41, 5.74) is 1.38. The summed E-state index contributed by atoms with van der Waals surface area (Å²) in [5.74, 6) is -0.254. The van der Waals surface area contributed by atoms with Crippen molar-refractivity contribution in [2.24, 2.45) is 0 Å². The molecule has 0 radical (unpaired) electrons. The van der Waals surface area contributed by atoms with Gasteiger partial charge in [0.25, 0.3) is 5.91 Å². The Bertz CT molecular complexity index is 1130. The summed E-state index contributed by atoms with van der Waals surface area (Å²) >= 11 is 3.15. The van der Waals surface area contributed by atoms with Gasteiger partial charge in [-0.05, 0) is 76.8 Å². The number of halogens is 1. The second-order valence-corrected chi connectivity index (χ2v) is 9.67. The lowest BCUT2D eigenvalue weighted by Crippen LogP contribution is -2.38. The zero-order valence-corrected chi connectivity index (χ0v) is 18.4. The number of amides is 1. The summed E-state index contributed by atoms with van der Waals surface area (Å²) in [6, 6.07) is 12.9. The third-order valence-electron chi connectivity index (χ3n) is 5.04. The standard InChI is InChI=1S/C21H20BrN3O4S/c22-20-11-10-19(29-20)21(26)24-16-6-8-17(9-7-16)30(27,28)25-13-2-1-5-18(25)15-4-3-12-23-14-15/h3-4,6-12,14,18H,1-2,5,13H2,(H,24,26)/t18-/m1/s1. The van der Waals surface area contributed by atoms with Gasteiger partial charge in [-0.25, -0.2) is 8.42 Å². The Kier molecular flexibility index (Phi) is 6.03. The number of hydrogen-bond donors (Lipinski definition) is 1. The maximum absolute atomic E-state index is 13.3. The molecule has 1 aromatic carbocycles. The molecule has 1 amide bonds. The van der Waals surface area contributed by atoms with Gasteiger partial charge in [0.2, 0.25) is 10.0 Å². The minimum Gasteiger partial charge on any atom is -0.444 e. The zero-order valence-electron chi connectivity index (χ0n) is 16.0. The number of rotatable bonds is 5. The molecule has 1 saturated heterocycles. The van der Waals surface area contributed by atoms with Gasteiger partial charge in [-0.15, -0.1) is 0 Å². The lowest BCUT2D eigenvalue weighted by molar-refractivity contribution is 0.0995. The van der Waals surface area contributed by atoms with E-state index < -0.39 is 15.9 Å². The number of furan rings is 1. The van der Waals surface area contributed by atoms with E-state index in [-0.39, 0.29) is 16.7 Å². The molecule has 0 bridgehead atoms. The minimum absolute atomic E-state index is 0.159. The van der Waals surface area contributed by atoms with Crippen LogP contribution in [0, 0.1) is 0 Å². The molecule has 2 aromatic heterocycles. The molecule has 4 rings (SSSR count). The number of nitrogens with one attached hydrogen (secondary N) is 1. The molecule has 0 aliphatic carbocycles. The van der Waals surface area contributed by atoms with Crippen LogP contribution in [0.25, 0.3) is 0 Å². The van der Waals surface area contributed by atoms with E-state index >= 15 is 0 Å². The van der Waals surface area contributed by atoms with E-state index in [2.05, 4.69) is 26.2 Å². The molecule has 0 unspecified atom stereocenters. The van der Waals surface area contributed by atoms with Crippen molar-refractivity contribution < 1.29 is 17.6 Å². The van der Waals surface area contributed by atoms with Gasteiger partial charge in [-0.1, -0.05) is 12.5 Å². The Labute approximate surface area is 183 Å². The van der Waals surface area contributed by atoms with Crippen LogP contribution in [-0.4, -0.2) is 30.2 Å². The largest absolute Gasteiger partial charge is 0.444 e. The predicted molar refractivity (Wildman–Crippen MR) is 116 cm³/mol. The number of carbonyl (C=O) groups is 1. The number of nitrogens with zero attached hydrogens (tertiary/aromatic N) is 2. The van der Waals surface area contributed by atoms with Crippen molar-refractivity contribution in [1.82, 2.24) is 9.29 Å². The molecule has 3 heterocycles. The van der Waals surface area contributed by atoms with Crippen LogP contribution in [0.3, 0.4) is 0 Å². The predicted octanol–water partition coefficient (Wildman–Crippen LogP) is 4.61. The SMILES string of the molecule is O=C(Nc1ccc(S(=O)(=O)N2CCCC[C@@H]2c2cccnc2)cc1)c1ccc(Br)o1. The van der Waals surface area contributed by atoms with Crippen LogP contribution in [0.1, 0.15) is 41.4 Å². The highest BCUT2D eigenvalue weighted by atomic mass is 79.9. The van der Waals surface area contributed by atoms with E-state index in [0.29, 0.717) is 16.9 Å². The zero-order chi connectivity index (χ0) is 21.1. The summed E-state index contributed by atoms with van der Waals surface area (Å²) in [5, 5.41) is 2.69. The molecule has 9 heteroatoms. The Morgan fingerprint density at radius 3 is 2.60 bits per heavy atom. The fourth-order valence-corrected chi connectivity index (χ4v) is 5.56. The minimum atomic E-state index is -3.69. The van der Waals surface area contributed by atoms with Crippen LogP contribution in [0.4, 0.5) is 5.69 Å². The van der Waals surface area contributed by atoms with Crippen molar-refractivity contribution in [3.05, 3.63) is 76.9 Å². The van der Waals surface area contributed by atoms with E-state index in [9.17, 15) is 13.2 Å². The molecular formula is C21H20BrN3O4S. The summed E-state index contributed by atoms with van der Waals surface area (Å²) in [4.78, 5) is 16.5. The van der Waals surface area contributed by atoms with Crippen molar-refractivity contribution in [3.8, 4) is 0 Å². The molecular weight excluding hydrogens is 470 g/mol.